The molecule has 0 radical (unpaired) electrons. The van der Waals surface area contributed by atoms with Gasteiger partial charge in [-0.25, -0.2) is 4.39 Å². The molecule has 2 rings (SSSR count). The average Bonchev–Trinajstić information content (AvgIpc) is 2.55. The van der Waals surface area contributed by atoms with Crippen LogP contribution in [0.2, 0.25) is 0 Å². The summed E-state index contributed by atoms with van der Waals surface area (Å²) in [5, 5.41) is 2.78. The van der Waals surface area contributed by atoms with Gasteiger partial charge in [-0.05, 0) is 36.6 Å². The molecule has 2 N–H and O–H groups in total. The summed E-state index contributed by atoms with van der Waals surface area (Å²) in [6.07, 6.45) is 1.53. The van der Waals surface area contributed by atoms with Crippen molar-refractivity contribution in [1.29, 1.82) is 0 Å². The van der Waals surface area contributed by atoms with Gasteiger partial charge in [-0.1, -0.05) is 13.8 Å². The number of carbonyl (C=O) groups excluding carboxylic acids is 2. The summed E-state index contributed by atoms with van der Waals surface area (Å²) >= 11 is 0. The number of amides is 2. The maximum absolute atomic E-state index is 12.8. The van der Waals surface area contributed by atoms with E-state index in [1.54, 1.807) is 12.1 Å². The van der Waals surface area contributed by atoms with Crippen molar-refractivity contribution in [3.63, 3.8) is 0 Å². The molecule has 1 aromatic rings. The average molecular weight is 336 g/mol. The first-order valence-corrected chi connectivity index (χ1v) is 8.61. The lowest BCUT2D eigenvalue weighted by Crippen LogP contribution is -3.15. The van der Waals surface area contributed by atoms with E-state index in [9.17, 15) is 14.0 Å². The fraction of sp³-hybridized carbons (Fsp3) is 0.556. The van der Waals surface area contributed by atoms with E-state index >= 15 is 0 Å². The zero-order chi connectivity index (χ0) is 17.5. The highest BCUT2D eigenvalue weighted by Gasteiger charge is 2.25. The van der Waals surface area contributed by atoms with Gasteiger partial charge in [-0.15, -0.1) is 0 Å². The first kappa shape index (κ1) is 18.4. The number of rotatable bonds is 6. The third-order valence-corrected chi connectivity index (χ3v) is 4.30. The van der Waals surface area contributed by atoms with E-state index in [1.807, 2.05) is 4.90 Å². The Kier molecular flexibility index (Phi) is 6.73. The molecule has 0 aromatic heterocycles. The molecule has 1 aromatic carbocycles. The summed E-state index contributed by atoms with van der Waals surface area (Å²) in [6, 6.07) is 5.75. The summed E-state index contributed by atoms with van der Waals surface area (Å²) in [7, 11) is 0. The lowest BCUT2D eigenvalue weighted by Gasteiger charge is -2.32. The van der Waals surface area contributed by atoms with E-state index in [0.29, 0.717) is 37.7 Å². The standard InChI is InChI=1S/C18H26FN3O2/c1-14(2)3-8-18(24)22-11-9-21(10-12-22)13-17(23)20-16-6-4-15(19)5-7-16/h4-7,14H,3,8-13H2,1-2H3,(H,20,23)/p+1. The molecule has 1 aliphatic rings. The van der Waals surface area contributed by atoms with Crippen LogP contribution < -0.4 is 10.2 Å². The summed E-state index contributed by atoms with van der Waals surface area (Å²) in [5.74, 6) is 0.350. The minimum absolute atomic E-state index is 0.0869. The molecule has 0 atom stereocenters. The van der Waals surface area contributed by atoms with Gasteiger partial charge >= 0.3 is 0 Å². The lowest BCUT2D eigenvalue weighted by atomic mass is 10.1. The van der Waals surface area contributed by atoms with Crippen LogP contribution in [0, 0.1) is 11.7 Å². The van der Waals surface area contributed by atoms with E-state index in [4.69, 9.17) is 0 Å². The van der Waals surface area contributed by atoms with Gasteiger partial charge < -0.3 is 15.1 Å². The number of nitrogens with zero attached hydrogens (tertiary/aromatic N) is 1. The van der Waals surface area contributed by atoms with E-state index in [-0.39, 0.29) is 17.6 Å². The Labute approximate surface area is 142 Å². The van der Waals surface area contributed by atoms with Gasteiger partial charge in [0, 0.05) is 12.1 Å². The molecular weight excluding hydrogens is 309 g/mol. The second-order valence-corrected chi connectivity index (χ2v) is 6.80. The molecule has 0 unspecified atom stereocenters. The third kappa shape index (κ3) is 5.92. The molecule has 5 nitrogen and oxygen atoms in total. The maximum Gasteiger partial charge on any atom is 0.279 e. The van der Waals surface area contributed by atoms with Crippen molar-refractivity contribution in [2.45, 2.75) is 26.7 Å². The fourth-order valence-corrected chi connectivity index (χ4v) is 2.78. The summed E-state index contributed by atoms with van der Waals surface area (Å²) in [5.41, 5.74) is 0.600. The Morgan fingerprint density at radius 1 is 1.21 bits per heavy atom. The second-order valence-electron chi connectivity index (χ2n) is 6.80. The summed E-state index contributed by atoms with van der Waals surface area (Å²) in [6.45, 7) is 7.58. The number of nitrogens with one attached hydrogen (secondary N) is 2. The Balaban J connectivity index is 1.71. The van der Waals surface area contributed by atoms with Crippen molar-refractivity contribution in [2.24, 2.45) is 5.92 Å². The van der Waals surface area contributed by atoms with Crippen LogP contribution in [0.25, 0.3) is 0 Å². The van der Waals surface area contributed by atoms with Gasteiger partial charge in [0.1, 0.15) is 5.82 Å². The van der Waals surface area contributed by atoms with Crippen LogP contribution in [0.3, 0.4) is 0 Å². The van der Waals surface area contributed by atoms with Crippen molar-refractivity contribution < 1.29 is 18.9 Å². The highest BCUT2D eigenvalue weighted by atomic mass is 19.1. The molecule has 1 fully saturated rings. The van der Waals surface area contributed by atoms with Crippen molar-refractivity contribution in [3.05, 3.63) is 30.1 Å². The normalized spacial score (nSPS) is 15.6. The van der Waals surface area contributed by atoms with Crippen LogP contribution >= 0.6 is 0 Å². The number of quaternary nitrogens is 1. The number of anilines is 1. The SMILES string of the molecule is CC(C)CCC(=O)N1CC[NH+](CC(=O)Nc2ccc(F)cc2)CC1. The monoisotopic (exact) mass is 336 g/mol. The van der Waals surface area contributed by atoms with Gasteiger partial charge in [0.15, 0.2) is 6.54 Å². The predicted molar refractivity (Wildman–Crippen MR) is 91.2 cm³/mol. The zero-order valence-corrected chi connectivity index (χ0v) is 14.5. The highest BCUT2D eigenvalue weighted by Crippen LogP contribution is 2.08. The molecule has 2 amide bonds. The molecule has 0 spiro atoms. The van der Waals surface area contributed by atoms with Crippen LogP contribution in [0.4, 0.5) is 10.1 Å². The van der Waals surface area contributed by atoms with Gasteiger partial charge in [-0.2, -0.15) is 0 Å². The van der Waals surface area contributed by atoms with E-state index in [2.05, 4.69) is 19.2 Å². The summed E-state index contributed by atoms with van der Waals surface area (Å²) < 4.78 is 12.8. The number of halogens is 1. The molecule has 132 valence electrons. The van der Waals surface area contributed by atoms with Crippen molar-refractivity contribution in [3.8, 4) is 0 Å². The zero-order valence-electron chi connectivity index (χ0n) is 14.5. The van der Waals surface area contributed by atoms with Crippen molar-refractivity contribution >= 4 is 17.5 Å². The van der Waals surface area contributed by atoms with Crippen LogP contribution in [-0.4, -0.2) is 49.4 Å². The van der Waals surface area contributed by atoms with Gasteiger partial charge in [0.05, 0.1) is 26.2 Å². The second kappa shape index (κ2) is 8.78. The highest BCUT2D eigenvalue weighted by molar-refractivity contribution is 5.91. The number of carbonyl (C=O) groups is 2. The topological polar surface area (TPSA) is 53.9 Å². The molecular formula is C18H27FN3O2+. The molecule has 1 saturated heterocycles. The lowest BCUT2D eigenvalue weighted by molar-refractivity contribution is -0.895. The minimum Gasteiger partial charge on any atom is -0.331 e. The quantitative estimate of drug-likeness (QED) is 0.812. The Bertz CT molecular complexity index is 552. The molecule has 24 heavy (non-hydrogen) atoms. The Morgan fingerprint density at radius 3 is 2.42 bits per heavy atom. The number of benzene rings is 1. The maximum atomic E-state index is 12.8. The molecule has 1 heterocycles. The fourth-order valence-electron chi connectivity index (χ4n) is 2.78. The first-order chi connectivity index (χ1) is 11.4. The summed E-state index contributed by atoms with van der Waals surface area (Å²) in [4.78, 5) is 27.2. The van der Waals surface area contributed by atoms with E-state index < -0.39 is 0 Å². The number of piperazine rings is 1. The number of hydrogen-bond acceptors (Lipinski definition) is 2. The molecule has 6 heteroatoms. The van der Waals surface area contributed by atoms with Crippen molar-refractivity contribution in [1.82, 2.24) is 4.90 Å². The largest absolute Gasteiger partial charge is 0.331 e. The first-order valence-electron chi connectivity index (χ1n) is 8.61. The smallest absolute Gasteiger partial charge is 0.279 e. The van der Waals surface area contributed by atoms with Crippen LogP contribution in [0.5, 0.6) is 0 Å². The van der Waals surface area contributed by atoms with Crippen molar-refractivity contribution in [2.75, 3.05) is 38.0 Å². The van der Waals surface area contributed by atoms with E-state index in [0.717, 1.165) is 19.5 Å². The van der Waals surface area contributed by atoms with Gasteiger partial charge in [0.25, 0.3) is 5.91 Å². The van der Waals surface area contributed by atoms with Crippen LogP contribution in [0.1, 0.15) is 26.7 Å². The molecule has 0 saturated carbocycles. The molecule has 1 aliphatic heterocycles. The third-order valence-electron chi connectivity index (χ3n) is 4.30. The van der Waals surface area contributed by atoms with Gasteiger partial charge in [0.2, 0.25) is 5.91 Å². The van der Waals surface area contributed by atoms with Crippen LogP contribution in [-0.2, 0) is 9.59 Å². The van der Waals surface area contributed by atoms with Crippen LogP contribution in [0.15, 0.2) is 24.3 Å². The Hall–Kier alpha value is -1.95. The minimum atomic E-state index is -0.322. The molecule has 0 aliphatic carbocycles. The Morgan fingerprint density at radius 2 is 1.83 bits per heavy atom. The molecule has 0 bridgehead atoms. The number of hydrogen-bond donors (Lipinski definition) is 2. The van der Waals surface area contributed by atoms with Gasteiger partial charge in [-0.3, -0.25) is 9.59 Å². The van der Waals surface area contributed by atoms with E-state index in [1.165, 1.54) is 17.0 Å². The predicted octanol–water partition coefficient (Wildman–Crippen LogP) is 0.928.